The van der Waals surface area contributed by atoms with Crippen molar-refractivity contribution >= 4 is 12.0 Å². The molecule has 7 nitrogen and oxygen atoms in total. The zero-order chi connectivity index (χ0) is 19.1. The van der Waals surface area contributed by atoms with Crippen LogP contribution < -0.4 is 5.32 Å². The van der Waals surface area contributed by atoms with E-state index >= 15 is 0 Å². The first kappa shape index (κ1) is 20.2. The fraction of sp³-hybridized carbons (Fsp3) is 0.579. The minimum absolute atomic E-state index is 0.0448. The van der Waals surface area contributed by atoms with Crippen LogP contribution in [0.5, 0.6) is 0 Å². The Hall–Kier alpha value is -2.12. The van der Waals surface area contributed by atoms with Crippen molar-refractivity contribution in [2.24, 2.45) is 0 Å². The molecule has 1 heterocycles. The maximum Gasteiger partial charge on any atom is 0.318 e. The molecule has 2 rings (SSSR count). The normalized spacial score (nSPS) is 18.6. The number of rotatable bonds is 7. The summed E-state index contributed by atoms with van der Waals surface area (Å²) in [7, 11) is 1.73. The first-order chi connectivity index (χ1) is 12.4. The van der Waals surface area contributed by atoms with E-state index in [4.69, 9.17) is 9.84 Å². The number of likely N-dealkylation sites (N-methyl/N-ethyl adjacent to an activating group) is 1. The number of aryl methyl sites for hydroxylation is 1. The average Bonchev–Trinajstić information content (AvgIpc) is 2.61. The van der Waals surface area contributed by atoms with Crippen LogP contribution in [0.25, 0.3) is 0 Å². The fourth-order valence-corrected chi connectivity index (χ4v) is 3.06. The van der Waals surface area contributed by atoms with Crippen LogP contribution in [0, 0.1) is 0 Å². The third-order valence-electron chi connectivity index (χ3n) is 4.57. The maximum atomic E-state index is 12.6. The Labute approximate surface area is 154 Å². The molecule has 1 aliphatic heterocycles. The van der Waals surface area contributed by atoms with Crippen molar-refractivity contribution in [1.82, 2.24) is 15.1 Å². The quantitative estimate of drug-likeness (QED) is 0.771. The van der Waals surface area contributed by atoms with Crippen molar-refractivity contribution in [3.05, 3.63) is 35.4 Å². The number of amides is 2. The standard InChI is InChI=1S/C19H29N3O4/c1-4-15-5-7-16(8-6-15)14(2)20-19(25)22-9-10-26-17(12-22)11-21(3)13-18(23)24/h5-8,14,17H,4,9-13H2,1-3H3,(H,20,25)(H,23,24). The summed E-state index contributed by atoms with van der Waals surface area (Å²) in [6.45, 7) is 5.96. The highest BCUT2D eigenvalue weighted by molar-refractivity contribution is 5.74. The highest BCUT2D eigenvalue weighted by atomic mass is 16.5. The summed E-state index contributed by atoms with van der Waals surface area (Å²) in [6, 6.07) is 8.07. The number of hydrogen-bond donors (Lipinski definition) is 2. The Balaban J connectivity index is 1.86. The van der Waals surface area contributed by atoms with Crippen LogP contribution in [0.3, 0.4) is 0 Å². The number of carboxylic acids is 1. The SMILES string of the molecule is CCc1ccc(C(C)NC(=O)N2CCOC(CN(C)CC(=O)O)C2)cc1. The molecule has 2 atom stereocenters. The molecule has 0 spiro atoms. The van der Waals surface area contributed by atoms with Gasteiger partial charge >= 0.3 is 12.0 Å². The highest BCUT2D eigenvalue weighted by Gasteiger charge is 2.26. The third kappa shape index (κ3) is 6.00. The van der Waals surface area contributed by atoms with E-state index in [-0.39, 0.29) is 24.7 Å². The van der Waals surface area contributed by atoms with Gasteiger partial charge in [-0.25, -0.2) is 4.79 Å². The summed E-state index contributed by atoms with van der Waals surface area (Å²) in [4.78, 5) is 26.8. The Kier molecular flexibility index (Phi) is 7.41. The van der Waals surface area contributed by atoms with Gasteiger partial charge in [-0.05, 0) is 31.5 Å². The molecule has 2 unspecified atom stereocenters. The topological polar surface area (TPSA) is 82.1 Å². The van der Waals surface area contributed by atoms with Crippen molar-refractivity contribution in [2.75, 3.05) is 39.8 Å². The van der Waals surface area contributed by atoms with Crippen LogP contribution in [0.4, 0.5) is 4.79 Å². The van der Waals surface area contributed by atoms with Gasteiger partial charge in [-0.3, -0.25) is 9.69 Å². The predicted octanol–water partition coefficient (Wildman–Crippen LogP) is 1.74. The number of urea groups is 1. The number of hydrogen-bond acceptors (Lipinski definition) is 4. The molecule has 1 aromatic rings. The van der Waals surface area contributed by atoms with Gasteiger partial charge in [-0.15, -0.1) is 0 Å². The number of ether oxygens (including phenoxy) is 1. The number of aliphatic carboxylic acids is 1. The molecule has 7 heteroatoms. The predicted molar refractivity (Wildman–Crippen MR) is 99.2 cm³/mol. The van der Waals surface area contributed by atoms with E-state index in [2.05, 4.69) is 24.4 Å². The molecule has 1 saturated heterocycles. The van der Waals surface area contributed by atoms with Crippen LogP contribution >= 0.6 is 0 Å². The maximum absolute atomic E-state index is 12.6. The Morgan fingerprint density at radius 3 is 2.69 bits per heavy atom. The Bertz CT molecular complexity index is 605. The van der Waals surface area contributed by atoms with Gasteiger partial charge < -0.3 is 20.1 Å². The Morgan fingerprint density at radius 1 is 1.38 bits per heavy atom. The van der Waals surface area contributed by atoms with E-state index in [0.29, 0.717) is 26.2 Å². The largest absolute Gasteiger partial charge is 0.480 e. The molecule has 1 aromatic carbocycles. The summed E-state index contributed by atoms with van der Waals surface area (Å²) in [5, 5.41) is 11.9. The van der Waals surface area contributed by atoms with Gasteiger partial charge in [0.05, 0.1) is 25.3 Å². The lowest BCUT2D eigenvalue weighted by atomic mass is 10.1. The average molecular weight is 363 g/mol. The first-order valence-electron chi connectivity index (χ1n) is 9.05. The number of carbonyl (C=O) groups is 2. The molecule has 0 radical (unpaired) electrons. The second-order valence-electron chi connectivity index (χ2n) is 6.80. The molecule has 26 heavy (non-hydrogen) atoms. The lowest BCUT2D eigenvalue weighted by Gasteiger charge is -2.35. The third-order valence-corrected chi connectivity index (χ3v) is 4.57. The van der Waals surface area contributed by atoms with Gasteiger partial charge in [0.2, 0.25) is 0 Å². The van der Waals surface area contributed by atoms with Crippen LogP contribution in [0.1, 0.15) is 31.0 Å². The highest BCUT2D eigenvalue weighted by Crippen LogP contribution is 2.15. The minimum Gasteiger partial charge on any atom is -0.480 e. The molecule has 0 aliphatic carbocycles. The van der Waals surface area contributed by atoms with E-state index in [0.717, 1.165) is 12.0 Å². The van der Waals surface area contributed by atoms with Gasteiger partial charge in [0.1, 0.15) is 0 Å². The van der Waals surface area contributed by atoms with Gasteiger partial charge in [0.15, 0.2) is 0 Å². The fourth-order valence-electron chi connectivity index (χ4n) is 3.06. The van der Waals surface area contributed by atoms with E-state index in [9.17, 15) is 9.59 Å². The summed E-state index contributed by atoms with van der Waals surface area (Å²) in [5.74, 6) is -0.874. The van der Waals surface area contributed by atoms with E-state index in [1.165, 1.54) is 5.56 Å². The summed E-state index contributed by atoms with van der Waals surface area (Å²) in [6.07, 6.45) is 0.810. The van der Waals surface area contributed by atoms with Crippen LogP contribution in [-0.4, -0.2) is 72.8 Å². The van der Waals surface area contributed by atoms with Crippen LogP contribution in [-0.2, 0) is 16.0 Å². The molecule has 0 aromatic heterocycles. The Morgan fingerprint density at radius 2 is 2.08 bits per heavy atom. The van der Waals surface area contributed by atoms with Gasteiger partial charge in [0, 0.05) is 19.6 Å². The van der Waals surface area contributed by atoms with Gasteiger partial charge in [-0.1, -0.05) is 31.2 Å². The second-order valence-corrected chi connectivity index (χ2v) is 6.80. The number of nitrogens with zero attached hydrogens (tertiary/aromatic N) is 2. The minimum atomic E-state index is -0.874. The summed E-state index contributed by atoms with van der Waals surface area (Å²) in [5.41, 5.74) is 2.34. The van der Waals surface area contributed by atoms with Crippen molar-refractivity contribution < 1.29 is 19.4 Å². The van der Waals surface area contributed by atoms with E-state index < -0.39 is 5.97 Å². The van der Waals surface area contributed by atoms with E-state index in [1.54, 1.807) is 16.8 Å². The number of carboxylic acid groups (broad SMARTS) is 1. The molecular weight excluding hydrogens is 334 g/mol. The number of benzene rings is 1. The lowest BCUT2D eigenvalue weighted by molar-refractivity contribution is -0.138. The number of morpholine rings is 1. The van der Waals surface area contributed by atoms with Crippen molar-refractivity contribution in [3.63, 3.8) is 0 Å². The molecule has 2 N–H and O–H groups in total. The lowest BCUT2D eigenvalue weighted by Crippen LogP contribution is -2.52. The summed E-state index contributed by atoms with van der Waals surface area (Å²) >= 11 is 0. The monoisotopic (exact) mass is 363 g/mol. The molecule has 1 fully saturated rings. The smallest absolute Gasteiger partial charge is 0.318 e. The van der Waals surface area contributed by atoms with Gasteiger partial charge in [0.25, 0.3) is 0 Å². The van der Waals surface area contributed by atoms with Crippen molar-refractivity contribution in [3.8, 4) is 0 Å². The molecule has 144 valence electrons. The molecule has 0 saturated carbocycles. The van der Waals surface area contributed by atoms with Crippen molar-refractivity contribution in [2.45, 2.75) is 32.4 Å². The van der Waals surface area contributed by atoms with Crippen LogP contribution in [0.15, 0.2) is 24.3 Å². The summed E-state index contributed by atoms with van der Waals surface area (Å²) < 4.78 is 5.67. The van der Waals surface area contributed by atoms with Crippen LogP contribution in [0.2, 0.25) is 0 Å². The van der Waals surface area contributed by atoms with Gasteiger partial charge in [-0.2, -0.15) is 0 Å². The molecule has 2 amide bonds. The molecule has 1 aliphatic rings. The molecule has 0 bridgehead atoms. The van der Waals surface area contributed by atoms with E-state index in [1.807, 2.05) is 19.1 Å². The molecular formula is C19H29N3O4. The van der Waals surface area contributed by atoms with Crippen molar-refractivity contribution in [1.29, 1.82) is 0 Å². The second kappa shape index (κ2) is 9.54. The number of carbonyl (C=O) groups excluding carboxylic acids is 1. The first-order valence-corrected chi connectivity index (χ1v) is 9.05. The zero-order valence-corrected chi connectivity index (χ0v) is 15.8. The zero-order valence-electron chi connectivity index (χ0n) is 15.8. The number of nitrogens with one attached hydrogen (secondary N) is 1.